The number of nitrogens with one attached hydrogen (secondary N) is 3. The number of rotatable bonds is 8. The van der Waals surface area contributed by atoms with Gasteiger partial charge in [-0.3, -0.25) is 4.90 Å². The Labute approximate surface area is 219 Å². The number of halogens is 2. The van der Waals surface area contributed by atoms with Crippen LogP contribution in [0.1, 0.15) is 11.3 Å². The fourth-order valence-corrected chi connectivity index (χ4v) is 4.62. The Morgan fingerprint density at radius 3 is 2.64 bits per heavy atom. The Morgan fingerprint density at radius 2 is 1.89 bits per heavy atom. The van der Waals surface area contributed by atoms with Crippen LogP contribution in [0.15, 0.2) is 48.8 Å². The van der Waals surface area contributed by atoms with E-state index in [0.717, 1.165) is 49.5 Å². The first kappa shape index (κ1) is 24.3. The summed E-state index contributed by atoms with van der Waals surface area (Å²) in [5.41, 5.74) is 3.89. The third-order valence-electron chi connectivity index (χ3n) is 5.92. The number of hydrogen-bond acceptors (Lipinski definition) is 8. The predicted octanol–water partition coefficient (Wildman–Crippen LogP) is 3.90. The molecule has 184 valence electrons. The fraction of sp³-hybridized carbons (Fsp3) is 0.280. The minimum Gasteiger partial charge on any atom is -0.368 e. The number of anilines is 2. The van der Waals surface area contributed by atoms with Gasteiger partial charge in [0.25, 0.3) is 0 Å². The number of benzene rings is 1. The summed E-state index contributed by atoms with van der Waals surface area (Å²) in [7, 11) is 0. The lowest BCUT2D eigenvalue weighted by atomic mass is 10.1. The summed E-state index contributed by atoms with van der Waals surface area (Å²) in [6.45, 7) is 5.96. The molecular formula is C25H25Cl2N9. The highest BCUT2D eigenvalue weighted by Gasteiger charge is 2.16. The molecule has 1 aliphatic heterocycles. The molecule has 1 fully saturated rings. The molecule has 3 N–H and O–H groups in total. The molecule has 11 heteroatoms. The van der Waals surface area contributed by atoms with Crippen LogP contribution in [0.2, 0.25) is 10.0 Å². The van der Waals surface area contributed by atoms with Gasteiger partial charge in [0.1, 0.15) is 17.4 Å². The number of nitriles is 1. The minimum absolute atomic E-state index is 0.528. The van der Waals surface area contributed by atoms with Crippen LogP contribution in [0.4, 0.5) is 11.6 Å². The lowest BCUT2D eigenvalue weighted by molar-refractivity contribution is 0.230. The summed E-state index contributed by atoms with van der Waals surface area (Å²) < 4.78 is 1.86. The van der Waals surface area contributed by atoms with Gasteiger partial charge in [-0.2, -0.15) is 10.4 Å². The predicted molar refractivity (Wildman–Crippen MR) is 143 cm³/mol. The van der Waals surface area contributed by atoms with E-state index in [0.29, 0.717) is 46.0 Å². The lowest BCUT2D eigenvalue weighted by Crippen LogP contribution is -2.42. The molecule has 5 rings (SSSR count). The van der Waals surface area contributed by atoms with Crippen LogP contribution < -0.4 is 16.0 Å². The van der Waals surface area contributed by atoms with Gasteiger partial charge in [0.15, 0.2) is 5.82 Å². The zero-order chi connectivity index (χ0) is 24.9. The van der Waals surface area contributed by atoms with Crippen molar-refractivity contribution < 1.29 is 0 Å². The quantitative estimate of drug-likeness (QED) is 0.299. The van der Waals surface area contributed by atoms with Crippen molar-refractivity contribution in [2.45, 2.75) is 6.54 Å². The standard InChI is InChI=1S/C25H25Cl2N9/c26-18-2-3-20(21(27)11-18)22-16-36-23(12-19(34-36)15-35-9-7-29-8-10-35)25(33-22)31-6-5-30-24-4-1-17(13-28)14-32-24/h1-4,11-12,14,16,29H,5-10,15H2,(H,30,32)(H,31,33). The van der Waals surface area contributed by atoms with Crippen LogP contribution in [0.25, 0.3) is 16.8 Å². The molecule has 1 aliphatic rings. The molecule has 0 bridgehead atoms. The summed E-state index contributed by atoms with van der Waals surface area (Å²) in [5.74, 6) is 1.42. The van der Waals surface area contributed by atoms with Crippen LogP contribution in [0.5, 0.6) is 0 Å². The number of aromatic nitrogens is 4. The van der Waals surface area contributed by atoms with Crippen molar-refractivity contribution in [2.75, 3.05) is 49.9 Å². The van der Waals surface area contributed by atoms with Gasteiger partial charge in [0, 0.05) is 62.6 Å². The van der Waals surface area contributed by atoms with E-state index in [9.17, 15) is 0 Å². The number of hydrogen-bond donors (Lipinski definition) is 3. The molecule has 0 aliphatic carbocycles. The zero-order valence-electron chi connectivity index (χ0n) is 19.5. The minimum atomic E-state index is 0.528. The van der Waals surface area contributed by atoms with Crippen molar-refractivity contribution in [1.82, 2.24) is 29.8 Å². The third-order valence-corrected chi connectivity index (χ3v) is 6.47. The Hall–Kier alpha value is -3.42. The van der Waals surface area contributed by atoms with Crippen LogP contribution >= 0.6 is 23.2 Å². The average Bonchev–Trinajstić information content (AvgIpc) is 3.30. The molecule has 0 amide bonds. The smallest absolute Gasteiger partial charge is 0.152 e. The van der Waals surface area contributed by atoms with Gasteiger partial charge < -0.3 is 16.0 Å². The van der Waals surface area contributed by atoms with Crippen molar-refractivity contribution in [3.63, 3.8) is 0 Å². The largest absolute Gasteiger partial charge is 0.368 e. The highest BCUT2D eigenvalue weighted by molar-refractivity contribution is 6.36. The molecular weight excluding hydrogens is 497 g/mol. The maximum Gasteiger partial charge on any atom is 0.152 e. The monoisotopic (exact) mass is 521 g/mol. The highest BCUT2D eigenvalue weighted by atomic mass is 35.5. The molecule has 4 aromatic rings. The normalized spacial score (nSPS) is 14.0. The average molecular weight is 522 g/mol. The fourth-order valence-electron chi connectivity index (χ4n) is 4.11. The molecule has 9 nitrogen and oxygen atoms in total. The summed E-state index contributed by atoms with van der Waals surface area (Å²) in [5, 5.41) is 24.9. The third kappa shape index (κ3) is 5.69. The van der Waals surface area contributed by atoms with Crippen molar-refractivity contribution >= 4 is 40.4 Å². The van der Waals surface area contributed by atoms with Gasteiger partial charge >= 0.3 is 0 Å². The molecule has 0 spiro atoms. The topological polar surface area (TPSA) is 106 Å². The maximum absolute atomic E-state index is 8.93. The molecule has 1 aromatic carbocycles. The molecule has 0 radical (unpaired) electrons. The Morgan fingerprint density at radius 1 is 1.06 bits per heavy atom. The van der Waals surface area contributed by atoms with E-state index in [1.165, 1.54) is 0 Å². The highest BCUT2D eigenvalue weighted by Crippen LogP contribution is 2.31. The summed E-state index contributed by atoms with van der Waals surface area (Å²) >= 11 is 12.6. The molecule has 4 heterocycles. The molecule has 0 saturated carbocycles. The van der Waals surface area contributed by atoms with Crippen molar-refractivity contribution in [1.29, 1.82) is 5.26 Å². The number of fused-ring (bicyclic) bond motifs is 1. The van der Waals surface area contributed by atoms with Gasteiger partial charge in [-0.05, 0) is 36.4 Å². The first-order valence-corrected chi connectivity index (χ1v) is 12.5. The Balaban J connectivity index is 1.38. The zero-order valence-corrected chi connectivity index (χ0v) is 21.0. The van der Waals surface area contributed by atoms with E-state index in [1.807, 2.05) is 16.8 Å². The first-order chi connectivity index (χ1) is 17.6. The molecule has 0 atom stereocenters. The number of pyridine rings is 1. The molecule has 0 unspecified atom stereocenters. The van der Waals surface area contributed by atoms with E-state index in [1.54, 1.807) is 30.5 Å². The van der Waals surface area contributed by atoms with Gasteiger partial charge in [-0.25, -0.2) is 14.5 Å². The second kappa shape index (κ2) is 11.1. The number of piperazine rings is 1. The molecule has 3 aromatic heterocycles. The van der Waals surface area contributed by atoms with Gasteiger partial charge in [-0.15, -0.1) is 0 Å². The second-order valence-corrected chi connectivity index (χ2v) is 9.33. The second-order valence-electron chi connectivity index (χ2n) is 8.49. The maximum atomic E-state index is 8.93. The summed E-state index contributed by atoms with van der Waals surface area (Å²) in [6, 6.07) is 13.1. The SMILES string of the molecule is N#Cc1ccc(NCCNc2nc(-c3ccc(Cl)cc3Cl)cn3nc(CN4CCNCC4)cc23)nc1. The van der Waals surface area contributed by atoms with E-state index >= 15 is 0 Å². The first-order valence-electron chi connectivity index (χ1n) is 11.7. The van der Waals surface area contributed by atoms with Crippen molar-refractivity contribution in [2.24, 2.45) is 0 Å². The van der Waals surface area contributed by atoms with E-state index in [2.05, 4.69) is 38.0 Å². The number of nitrogens with zero attached hydrogens (tertiary/aromatic N) is 6. The van der Waals surface area contributed by atoms with Crippen molar-refractivity contribution in [3.8, 4) is 17.3 Å². The van der Waals surface area contributed by atoms with Crippen LogP contribution in [0, 0.1) is 11.3 Å². The van der Waals surface area contributed by atoms with Gasteiger partial charge in [-0.1, -0.05) is 23.2 Å². The molecule has 1 saturated heterocycles. The Kier molecular flexibility index (Phi) is 7.49. The van der Waals surface area contributed by atoms with Gasteiger partial charge in [0.2, 0.25) is 0 Å². The summed E-state index contributed by atoms with van der Waals surface area (Å²) in [6.07, 6.45) is 3.45. The lowest BCUT2D eigenvalue weighted by Gasteiger charge is -2.26. The van der Waals surface area contributed by atoms with Gasteiger partial charge in [0.05, 0.1) is 28.2 Å². The van der Waals surface area contributed by atoms with Crippen LogP contribution in [-0.4, -0.2) is 63.8 Å². The Bertz CT molecular complexity index is 1390. The van der Waals surface area contributed by atoms with Crippen LogP contribution in [0.3, 0.4) is 0 Å². The van der Waals surface area contributed by atoms with E-state index < -0.39 is 0 Å². The summed E-state index contributed by atoms with van der Waals surface area (Å²) in [4.78, 5) is 11.5. The van der Waals surface area contributed by atoms with E-state index in [4.69, 9.17) is 38.5 Å². The van der Waals surface area contributed by atoms with Crippen molar-refractivity contribution in [3.05, 3.63) is 70.1 Å². The van der Waals surface area contributed by atoms with Crippen LogP contribution in [-0.2, 0) is 6.54 Å². The van der Waals surface area contributed by atoms with E-state index in [-0.39, 0.29) is 0 Å². The molecule has 36 heavy (non-hydrogen) atoms.